The molecule has 0 aromatic heterocycles. The first kappa shape index (κ1) is 55.1. The molecule has 0 unspecified atom stereocenters. The third-order valence-corrected chi connectivity index (χ3v) is 8.69. The number of aliphatic hydroxyl groups is 2. The first-order valence-electron chi connectivity index (χ1n) is 19.6. The summed E-state index contributed by atoms with van der Waals surface area (Å²) >= 11 is 0. The van der Waals surface area contributed by atoms with Crippen LogP contribution in [0.15, 0.2) is 9.98 Å². The molecule has 0 saturated heterocycles. The molecular weight excluding hydrogens is 808 g/mol. The van der Waals surface area contributed by atoms with E-state index in [1.54, 1.807) is 0 Å². The Hall–Kier alpha value is -5.90. The lowest BCUT2D eigenvalue weighted by molar-refractivity contribution is -0.142. The number of carbonyl (C=O) groups is 8. The number of nitrogens with two attached hydrogens (primary N) is 8. The molecule has 0 bridgehead atoms. The van der Waals surface area contributed by atoms with Crippen LogP contribution in [0.4, 0.5) is 0 Å². The van der Waals surface area contributed by atoms with E-state index in [0.717, 1.165) is 0 Å². The largest absolute Gasteiger partial charge is 0.480 e. The fourth-order valence-corrected chi connectivity index (χ4v) is 5.38. The van der Waals surface area contributed by atoms with E-state index in [1.165, 1.54) is 0 Å². The van der Waals surface area contributed by atoms with E-state index < -0.39 is 109 Å². The molecule has 0 heterocycles. The number of carbonyl (C=O) groups excluding carboxylic acids is 7. The first-order chi connectivity index (χ1) is 28.8. The van der Waals surface area contributed by atoms with Crippen molar-refractivity contribution in [3.8, 4) is 0 Å². The van der Waals surface area contributed by atoms with Gasteiger partial charge in [0.25, 0.3) is 0 Å². The van der Waals surface area contributed by atoms with Gasteiger partial charge in [-0.1, -0.05) is 0 Å². The molecule has 0 saturated carbocycles. The van der Waals surface area contributed by atoms with E-state index in [1.807, 2.05) is 0 Å². The van der Waals surface area contributed by atoms with Gasteiger partial charge in [-0.2, -0.15) is 0 Å². The van der Waals surface area contributed by atoms with Crippen LogP contribution >= 0.6 is 0 Å². The molecule has 0 fully saturated rings. The summed E-state index contributed by atoms with van der Waals surface area (Å²) in [6, 6.07) is -10.3. The maximum Gasteiger partial charge on any atom is 0.326 e. The number of hydrogen-bond acceptors (Lipinski definition) is 15. The lowest BCUT2D eigenvalue weighted by Crippen LogP contribution is -2.60. The number of guanidine groups is 2. The Morgan fingerprint density at radius 3 is 1.16 bits per heavy atom. The Balaban J connectivity index is 6.43. The van der Waals surface area contributed by atoms with Crippen molar-refractivity contribution in [2.24, 2.45) is 55.9 Å². The Labute approximate surface area is 352 Å². The maximum absolute atomic E-state index is 13.9. The number of nitrogens with zero attached hydrogens (tertiary/aromatic N) is 2. The first-order valence-corrected chi connectivity index (χ1v) is 19.6. The van der Waals surface area contributed by atoms with Crippen LogP contribution in [0.3, 0.4) is 0 Å². The Kier molecular flexibility index (Phi) is 28.0. The topological polar surface area (TPSA) is 502 Å². The van der Waals surface area contributed by atoms with Gasteiger partial charge in [0.1, 0.15) is 42.3 Å². The summed E-state index contributed by atoms with van der Waals surface area (Å²) in [7, 11) is 0. The predicted molar refractivity (Wildman–Crippen MR) is 221 cm³/mol. The van der Waals surface area contributed by atoms with Crippen molar-refractivity contribution in [2.75, 3.05) is 39.4 Å². The quantitative estimate of drug-likeness (QED) is 0.0165. The summed E-state index contributed by atoms with van der Waals surface area (Å²) in [5, 5.41) is 43.2. The van der Waals surface area contributed by atoms with Gasteiger partial charge < -0.3 is 93.1 Å². The maximum atomic E-state index is 13.9. The van der Waals surface area contributed by atoms with Crippen molar-refractivity contribution in [3.63, 3.8) is 0 Å². The molecule has 0 aromatic carbocycles. The van der Waals surface area contributed by atoms with Crippen molar-refractivity contribution >= 4 is 59.2 Å². The number of hydrogen-bond donors (Lipinski definition) is 17. The molecule has 7 amide bonds. The van der Waals surface area contributed by atoms with Crippen LogP contribution in [-0.2, 0) is 38.4 Å². The zero-order chi connectivity index (χ0) is 46.5. The lowest BCUT2D eigenvalue weighted by Gasteiger charge is -2.27. The SMILES string of the molecule is NCCCC[C@H](NC(=O)[C@H](CCCCN)NC(=O)[C@H](CCCN=C(N)N)NC(=O)[C@H](CO)NC(=O)[C@H](CC(N)=O)NC(=O)[C@@H](N)CO)C(=O)N[C@@H](CCCN=C(N)N)C(=O)O. The summed E-state index contributed by atoms with van der Waals surface area (Å²) in [5.41, 5.74) is 43.4. The van der Waals surface area contributed by atoms with Crippen LogP contribution in [0, 0.1) is 0 Å². The van der Waals surface area contributed by atoms with E-state index in [4.69, 9.17) is 51.0 Å². The molecular formula is C34H66N16O11. The van der Waals surface area contributed by atoms with Gasteiger partial charge in [-0.25, -0.2) is 4.79 Å². The number of aliphatic hydroxyl groups excluding tert-OH is 2. The molecule has 27 nitrogen and oxygen atoms in total. The highest BCUT2D eigenvalue weighted by Gasteiger charge is 2.33. The minimum absolute atomic E-state index is 0.00173. The number of nitrogens with one attached hydrogen (secondary N) is 6. The number of carboxylic acids is 1. The van der Waals surface area contributed by atoms with E-state index >= 15 is 0 Å². The number of rotatable bonds is 33. The van der Waals surface area contributed by atoms with Gasteiger partial charge in [0.05, 0.1) is 19.6 Å². The molecule has 25 N–H and O–H groups in total. The van der Waals surface area contributed by atoms with Crippen molar-refractivity contribution < 1.29 is 53.7 Å². The summed E-state index contributed by atoms with van der Waals surface area (Å²) in [6.07, 6.45) is 0.983. The molecule has 61 heavy (non-hydrogen) atoms. The van der Waals surface area contributed by atoms with E-state index in [0.29, 0.717) is 25.7 Å². The highest BCUT2D eigenvalue weighted by Crippen LogP contribution is 2.09. The van der Waals surface area contributed by atoms with Crippen molar-refractivity contribution in [1.82, 2.24) is 31.9 Å². The van der Waals surface area contributed by atoms with Crippen LogP contribution in [0.5, 0.6) is 0 Å². The molecule has 0 radical (unpaired) electrons. The summed E-state index contributed by atoms with van der Waals surface area (Å²) in [5.74, 6) is -8.67. The molecule has 0 aromatic rings. The standard InChI is InChI=1S/C34H66N16O11/c35-11-3-1-7-19(27(55)46-20(8-2-4-12-36)29(57)48-22(32(60)61)10-6-14-44-34(41)42)45-28(56)21(9-5-13-43-33(39)40)47-31(59)24(17-52)50-30(58)23(15-25(38)53)49-26(54)18(37)16-51/h18-24,51-52H,1-17,35-37H2,(H2,38,53)(H,45,56)(H,46,55)(H,47,59)(H,48,57)(H,49,54)(H,50,58)(H,60,61)(H4,39,40,43)(H4,41,42,44)/t18-,19-,20-,21-,22-,23-,24-/m0/s1. The van der Waals surface area contributed by atoms with Gasteiger partial charge in [-0.15, -0.1) is 0 Å². The van der Waals surface area contributed by atoms with E-state index in [-0.39, 0.29) is 76.6 Å². The van der Waals surface area contributed by atoms with Crippen LogP contribution in [0.2, 0.25) is 0 Å². The normalized spacial score (nSPS) is 14.2. The van der Waals surface area contributed by atoms with Gasteiger partial charge in [0.2, 0.25) is 41.4 Å². The highest BCUT2D eigenvalue weighted by atomic mass is 16.4. The molecule has 0 rings (SSSR count). The molecule has 0 aliphatic rings. The second kappa shape index (κ2) is 31.0. The Morgan fingerprint density at radius 1 is 0.459 bits per heavy atom. The smallest absolute Gasteiger partial charge is 0.326 e. The molecule has 0 aliphatic carbocycles. The molecule has 0 aliphatic heterocycles. The molecule has 27 heteroatoms. The fraction of sp³-hybridized carbons (Fsp3) is 0.706. The van der Waals surface area contributed by atoms with E-state index in [9.17, 15) is 48.6 Å². The molecule has 0 spiro atoms. The zero-order valence-corrected chi connectivity index (χ0v) is 34.2. The molecule has 348 valence electrons. The van der Waals surface area contributed by atoms with Crippen LogP contribution in [-0.4, -0.2) is 156 Å². The van der Waals surface area contributed by atoms with Gasteiger partial charge in [0, 0.05) is 13.1 Å². The third-order valence-electron chi connectivity index (χ3n) is 8.69. The highest BCUT2D eigenvalue weighted by molar-refractivity contribution is 5.98. The number of aliphatic carboxylic acids is 1. The summed E-state index contributed by atoms with van der Waals surface area (Å²) in [4.78, 5) is 111. The van der Waals surface area contributed by atoms with Crippen molar-refractivity contribution in [2.45, 2.75) is 113 Å². The second-order valence-corrected chi connectivity index (χ2v) is 13.8. The predicted octanol–water partition coefficient (Wildman–Crippen LogP) is -8.47. The second-order valence-electron chi connectivity index (χ2n) is 13.8. The summed E-state index contributed by atoms with van der Waals surface area (Å²) in [6.45, 7) is -1.23. The fourth-order valence-electron chi connectivity index (χ4n) is 5.38. The minimum Gasteiger partial charge on any atom is -0.480 e. The Morgan fingerprint density at radius 2 is 0.803 bits per heavy atom. The third kappa shape index (κ3) is 24.1. The van der Waals surface area contributed by atoms with Crippen molar-refractivity contribution in [3.05, 3.63) is 0 Å². The van der Waals surface area contributed by atoms with Gasteiger partial charge in [0.15, 0.2) is 11.9 Å². The van der Waals surface area contributed by atoms with Crippen molar-refractivity contribution in [1.29, 1.82) is 0 Å². The monoisotopic (exact) mass is 875 g/mol. The molecule has 7 atom stereocenters. The number of aliphatic imine (C=N–C) groups is 2. The average Bonchev–Trinajstić information content (AvgIpc) is 3.19. The number of unbranched alkanes of at least 4 members (excludes halogenated alkanes) is 2. The van der Waals surface area contributed by atoms with E-state index in [2.05, 4.69) is 41.9 Å². The minimum atomic E-state index is -1.77. The van der Waals surface area contributed by atoms with Gasteiger partial charge in [-0.3, -0.25) is 43.5 Å². The van der Waals surface area contributed by atoms with Gasteiger partial charge >= 0.3 is 5.97 Å². The number of carboxylic acid groups (broad SMARTS) is 1. The van der Waals surface area contributed by atoms with Crippen LogP contribution in [0.1, 0.15) is 70.6 Å². The lowest BCUT2D eigenvalue weighted by atomic mass is 10.0. The van der Waals surface area contributed by atoms with Crippen LogP contribution < -0.4 is 77.8 Å². The van der Waals surface area contributed by atoms with Gasteiger partial charge in [-0.05, 0) is 77.3 Å². The zero-order valence-electron chi connectivity index (χ0n) is 34.2. The number of primary amides is 1. The Bertz CT molecular complexity index is 1490. The van der Waals surface area contributed by atoms with Crippen LogP contribution in [0.25, 0.3) is 0 Å². The number of amides is 7. The average molecular weight is 875 g/mol. The summed E-state index contributed by atoms with van der Waals surface area (Å²) < 4.78 is 0.